The van der Waals surface area contributed by atoms with E-state index >= 15 is 0 Å². The van der Waals surface area contributed by atoms with Crippen molar-refractivity contribution >= 4 is 0 Å². The Kier molecular flexibility index (Phi) is 8.36. The van der Waals surface area contributed by atoms with Crippen LogP contribution in [0.5, 0.6) is 0 Å². The molecule has 13 heavy (non-hydrogen) atoms. The van der Waals surface area contributed by atoms with Gasteiger partial charge >= 0.3 is 0 Å². The third-order valence-electron chi connectivity index (χ3n) is 2.19. The molecule has 0 aliphatic heterocycles. The van der Waals surface area contributed by atoms with Crippen molar-refractivity contribution in [2.24, 2.45) is 5.92 Å². The molecule has 0 bridgehead atoms. The predicted molar refractivity (Wildman–Crippen MR) is 52.7 cm³/mol. The van der Waals surface area contributed by atoms with Crippen molar-refractivity contribution in [2.75, 3.05) is 0 Å². The van der Waals surface area contributed by atoms with E-state index in [-0.39, 0.29) is 5.92 Å². The second-order valence-corrected chi connectivity index (χ2v) is 3.37. The van der Waals surface area contributed by atoms with Gasteiger partial charge in [-0.25, -0.2) is 0 Å². The minimum absolute atomic E-state index is 0.108. The molecule has 1 unspecified atom stereocenters. The molecular formula is C11H18N2. The van der Waals surface area contributed by atoms with E-state index in [1.807, 2.05) is 0 Å². The summed E-state index contributed by atoms with van der Waals surface area (Å²) in [5, 5.41) is 17.1. The Hall–Kier alpha value is -1.02. The topological polar surface area (TPSA) is 47.6 Å². The molecule has 0 aromatic heterocycles. The SMILES string of the molecule is CCCCCCC(C#N)CCC#N. The zero-order chi connectivity index (χ0) is 9.94. The zero-order valence-electron chi connectivity index (χ0n) is 8.42. The second kappa shape index (κ2) is 9.07. The van der Waals surface area contributed by atoms with E-state index in [1.54, 1.807) is 0 Å². The average Bonchev–Trinajstić information content (AvgIpc) is 2.17. The van der Waals surface area contributed by atoms with E-state index in [2.05, 4.69) is 19.1 Å². The van der Waals surface area contributed by atoms with Gasteiger partial charge in [-0.3, -0.25) is 0 Å². The molecule has 0 aliphatic rings. The van der Waals surface area contributed by atoms with Gasteiger partial charge in [-0.2, -0.15) is 10.5 Å². The smallest absolute Gasteiger partial charge is 0.0656 e. The molecule has 2 nitrogen and oxygen atoms in total. The summed E-state index contributed by atoms with van der Waals surface area (Å²) in [6, 6.07) is 4.35. The first-order valence-electron chi connectivity index (χ1n) is 5.11. The molecule has 0 saturated carbocycles. The summed E-state index contributed by atoms with van der Waals surface area (Å²) in [5.41, 5.74) is 0. The Balaban J connectivity index is 3.39. The van der Waals surface area contributed by atoms with E-state index in [0.29, 0.717) is 6.42 Å². The van der Waals surface area contributed by atoms with E-state index in [9.17, 15) is 0 Å². The molecule has 0 heterocycles. The molecule has 2 heteroatoms. The molecule has 0 amide bonds. The highest BCUT2D eigenvalue weighted by Gasteiger charge is 2.05. The quantitative estimate of drug-likeness (QED) is 0.561. The van der Waals surface area contributed by atoms with Crippen LogP contribution in [-0.2, 0) is 0 Å². The molecule has 0 spiro atoms. The minimum Gasteiger partial charge on any atom is -0.198 e. The lowest BCUT2D eigenvalue weighted by atomic mass is 9.98. The molecule has 0 saturated heterocycles. The highest BCUT2D eigenvalue weighted by atomic mass is 14.3. The number of hydrogen-bond donors (Lipinski definition) is 0. The minimum atomic E-state index is 0.108. The normalized spacial score (nSPS) is 11.6. The average molecular weight is 178 g/mol. The van der Waals surface area contributed by atoms with Crippen LogP contribution in [-0.4, -0.2) is 0 Å². The first-order valence-corrected chi connectivity index (χ1v) is 5.11. The van der Waals surface area contributed by atoms with Gasteiger partial charge in [0.15, 0.2) is 0 Å². The third-order valence-corrected chi connectivity index (χ3v) is 2.19. The first kappa shape index (κ1) is 12.0. The van der Waals surface area contributed by atoms with E-state index in [4.69, 9.17) is 10.5 Å². The standard InChI is InChI=1S/C11H18N2/c1-2-3-4-5-7-11(10-13)8-6-9-12/h11H,2-8H2,1H3. The van der Waals surface area contributed by atoms with Gasteiger partial charge in [0.1, 0.15) is 0 Å². The van der Waals surface area contributed by atoms with Crippen LogP contribution < -0.4 is 0 Å². The molecule has 0 fully saturated rings. The monoisotopic (exact) mass is 178 g/mol. The number of rotatable bonds is 7. The number of unbranched alkanes of at least 4 members (excludes halogenated alkanes) is 3. The summed E-state index contributed by atoms with van der Waals surface area (Å²) in [4.78, 5) is 0. The van der Waals surface area contributed by atoms with Crippen LogP contribution in [0.3, 0.4) is 0 Å². The Bertz CT molecular complexity index is 185. The van der Waals surface area contributed by atoms with Gasteiger partial charge in [0, 0.05) is 12.3 Å². The van der Waals surface area contributed by atoms with Crippen molar-refractivity contribution in [3.8, 4) is 12.1 Å². The summed E-state index contributed by atoms with van der Waals surface area (Å²) in [5.74, 6) is 0.108. The maximum atomic E-state index is 8.75. The molecule has 0 N–H and O–H groups in total. The number of nitriles is 2. The van der Waals surface area contributed by atoms with Crippen molar-refractivity contribution in [2.45, 2.75) is 51.9 Å². The van der Waals surface area contributed by atoms with Gasteiger partial charge in [0.2, 0.25) is 0 Å². The van der Waals surface area contributed by atoms with Gasteiger partial charge in [-0.05, 0) is 12.8 Å². The van der Waals surface area contributed by atoms with Gasteiger partial charge in [-0.1, -0.05) is 32.6 Å². The van der Waals surface area contributed by atoms with Crippen LogP contribution in [0.2, 0.25) is 0 Å². The maximum absolute atomic E-state index is 8.75. The molecular weight excluding hydrogens is 160 g/mol. The molecule has 0 aromatic rings. The zero-order valence-corrected chi connectivity index (χ0v) is 8.42. The lowest BCUT2D eigenvalue weighted by Crippen LogP contribution is -1.96. The van der Waals surface area contributed by atoms with E-state index in [0.717, 1.165) is 19.3 Å². The van der Waals surface area contributed by atoms with Crippen LogP contribution in [0.15, 0.2) is 0 Å². The summed E-state index contributed by atoms with van der Waals surface area (Å²) >= 11 is 0. The third kappa shape index (κ3) is 7.34. The lowest BCUT2D eigenvalue weighted by molar-refractivity contribution is 0.514. The van der Waals surface area contributed by atoms with Crippen LogP contribution >= 0.6 is 0 Å². The molecule has 72 valence electrons. The van der Waals surface area contributed by atoms with E-state index in [1.165, 1.54) is 19.3 Å². The number of nitrogens with zero attached hydrogens (tertiary/aromatic N) is 2. The van der Waals surface area contributed by atoms with Crippen LogP contribution in [0.25, 0.3) is 0 Å². The fourth-order valence-corrected chi connectivity index (χ4v) is 1.33. The van der Waals surface area contributed by atoms with E-state index < -0.39 is 0 Å². The Morgan fingerprint density at radius 1 is 1.08 bits per heavy atom. The Morgan fingerprint density at radius 2 is 1.85 bits per heavy atom. The summed E-state index contributed by atoms with van der Waals surface area (Å²) in [6.45, 7) is 2.18. The highest BCUT2D eigenvalue weighted by molar-refractivity contribution is 4.85. The van der Waals surface area contributed by atoms with Crippen molar-refractivity contribution in [3.63, 3.8) is 0 Å². The molecule has 0 aromatic carbocycles. The predicted octanol–water partition coefficient (Wildman–Crippen LogP) is 3.40. The van der Waals surface area contributed by atoms with Crippen molar-refractivity contribution in [3.05, 3.63) is 0 Å². The first-order chi connectivity index (χ1) is 6.35. The van der Waals surface area contributed by atoms with Crippen molar-refractivity contribution in [1.29, 1.82) is 10.5 Å². The van der Waals surface area contributed by atoms with Crippen molar-refractivity contribution < 1.29 is 0 Å². The van der Waals surface area contributed by atoms with Gasteiger partial charge in [0.05, 0.1) is 12.1 Å². The fourth-order valence-electron chi connectivity index (χ4n) is 1.33. The van der Waals surface area contributed by atoms with Gasteiger partial charge < -0.3 is 0 Å². The highest BCUT2D eigenvalue weighted by Crippen LogP contribution is 2.14. The van der Waals surface area contributed by atoms with Gasteiger partial charge in [-0.15, -0.1) is 0 Å². The second-order valence-electron chi connectivity index (χ2n) is 3.37. The maximum Gasteiger partial charge on any atom is 0.0656 e. The molecule has 0 rings (SSSR count). The van der Waals surface area contributed by atoms with Crippen LogP contribution in [0.4, 0.5) is 0 Å². The van der Waals surface area contributed by atoms with Crippen LogP contribution in [0.1, 0.15) is 51.9 Å². The fraction of sp³-hybridized carbons (Fsp3) is 0.818. The largest absolute Gasteiger partial charge is 0.198 e. The lowest BCUT2D eigenvalue weighted by Gasteiger charge is -2.05. The molecule has 0 radical (unpaired) electrons. The Morgan fingerprint density at radius 3 is 2.38 bits per heavy atom. The summed E-state index contributed by atoms with van der Waals surface area (Å²) in [6.07, 6.45) is 7.09. The molecule has 0 aliphatic carbocycles. The number of hydrogen-bond acceptors (Lipinski definition) is 2. The molecule has 1 atom stereocenters. The van der Waals surface area contributed by atoms with Crippen LogP contribution in [0, 0.1) is 28.6 Å². The van der Waals surface area contributed by atoms with Crippen molar-refractivity contribution in [1.82, 2.24) is 0 Å². The summed E-state index contributed by atoms with van der Waals surface area (Å²) in [7, 11) is 0. The van der Waals surface area contributed by atoms with Gasteiger partial charge in [0.25, 0.3) is 0 Å². The Labute approximate surface area is 81.2 Å². The summed E-state index contributed by atoms with van der Waals surface area (Å²) < 4.78 is 0.